The van der Waals surface area contributed by atoms with E-state index in [4.69, 9.17) is 16.6 Å². The van der Waals surface area contributed by atoms with E-state index in [0.29, 0.717) is 41.1 Å². The number of hydrogen-bond acceptors (Lipinski definition) is 4. The Morgan fingerprint density at radius 1 is 1.22 bits per heavy atom. The molecule has 1 atom stereocenters. The number of quaternary nitrogens is 1. The van der Waals surface area contributed by atoms with Crippen molar-refractivity contribution in [2.75, 3.05) is 20.1 Å². The molecule has 1 fully saturated rings. The summed E-state index contributed by atoms with van der Waals surface area (Å²) in [5, 5.41) is 0. The standard InChI is InChI=1S/C19H29N3O3S2/c1-4-21(5-2)27(23,24)16-11-12-18-17(13-16)22(19(26)25-18)14-20(3)15-9-7-6-8-10-15/h11-13,15H,4-10,14H2,1-3H3/p+1. The Labute approximate surface area is 166 Å². The summed E-state index contributed by atoms with van der Waals surface area (Å²) in [6.07, 6.45) is 6.36. The highest BCUT2D eigenvalue weighted by Crippen LogP contribution is 2.24. The quantitative estimate of drug-likeness (QED) is 0.711. The molecule has 0 spiro atoms. The van der Waals surface area contributed by atoms with Crippen molar-refractivity contribution >= 4 is 33.3 Å². The summed E-state index contributed by atoms with van der Waals surface area (Å²) in [5.74, 6) is 0. The molecule has 1 aromatic carbocycles. The molecule has 2 aromatic rings. The number of aromatic nitrogens is 1. The van der Waals surface area contributed by atoms with Crippen LogP contribution in [0.5, 0.6) is 0 Å². The third-order valence-electron chi connectivity index (χ3n) is 5.69. The molecule has 3 rings (SSSR count). The van der Waals surface area contributed by atoms with Gasteiger partial charge >= 0.3 is 0 Å². The van der Waals surface area contributed by atoms with Crippen LogP contribution >= 0.6 is 12.2 Å². The summed E-state index contributed by atoms with van der Waals surface area (Å²) in [6, 6.07) is 5.65. The Bertz CT molecular complexity index is 939. The predicted molar refractivity (Wildman–Crippen MR) is 109 cm³/mol. The second kappa shape index (κ2) is 8.43. The van der Waals surface area contributed by atoms with Crippen LogP contribution in [0.1, 0.15) is 46.0 Å². The number of nitrogens with zero attached hydrogens (tertiary/aromatic N) is 2. The number of fused-ring (bicyclic) bond motifs is 1. The van der Waals surface area contributed by atoms with Gasteiger partial charge < -0.3 is 9.32 Å². The van der Waals surface area contributed by atoms with Crippen LogP contribution in [0.15, 0.2) is 27.5 Å². The van der Waals surface area contributed by atoms with Crippen molar-refractivity contribution in [3.8, 4) is 0 Å². The summed E-state index contributed by atoms with van der Waals surface area (Å²) in [5.41, 5.74) is 1.39. The van der Waals surface area contributed by atoms with Gasteiger partial charge in [-0.05, 0) is 56.1 Å². The second-order valence-electron chi connectivity index (χ2n) is 7.35. The maximum absolute atomic E-state index is 12.9. The fourth-order valence-electron chi connectivity index (χ4n) is 4.04. The van der Waals surface area contributed by atoms with E-state index in [1.807, 2.05) is 18.4 Å². The molecule has 1 aliphatic carbocycles. The largest absolute Gasteiger partial charge is 0.429 e. The third-order valence-corrected chi connectivity index (χ3v) is 8.04. The number of sulfonamides is 1. The highest BCUT2D eigenvalue weighted by Gasteiger charge is 2.25. The minimum absolute atomic E-state index is 0.290. The fourth-order valence-corrected chi connectivity index (χ4v) is 5.77. The van der Waals surface area contributed by atoms with Crippen LogP contribution in [0.4, 0.5) is 0 Å². The summed E-state index contributed by atoms with van der Waals surface area (Å²) in [4.78, 5) is 2.08. The highest BCUT2D eigenvalue weighted by atomic mass is 32.2. The lowest BCUT2D eigenvalue weighted by molar-refractivity contribution is -0.929. The van der Waals surface area contributed by atoms with Gasteiger partial charge in [0.15, 0.2) is 12.3 Å². The van der Waals surface area contributed by atoms with E-state index >= 15 is 0 Å². The lowest BCUT2D eigenvalue weighted by atomic mass is 9.95. The van der Waals surface area contributed by atoms with Crippen LogP contribution < -0.4 is 4.90 Å². The molecule has 1 heterocycles. The maximum Gasteiger partial charge on any atom is 0.274 e. The zero-order chi connectivity index (χ0) is 19.6. The Balaban J connectivity index is 1.96. The highest BCUT2D eigenvalue weighted by molar-refractivity contribution is 7.89. The zero-order valence-electron chi connectivity index (χ0n) is 16.4. The number of hydrogen-bond donors (Lipinski definition) is 1. The number of benzene rings is 1. The van der Waals surface area contributed by atoms with Gasteiger partial charge in [-0.25, -0.2) is 8.42 Å². The monoisotopic (exact) mass is 412 g/mol. The Hall–Kier alpha value is -1.22. The van der Waals surface area contributed by atoms with Gasteiger partial charge in [-0.3, -0.25) is 4.57 Å². The minimum atomic E-state index is -3.51. The SMILES string of the molecule is CCN(CC)S(=O)(=O)c1ccc2oc(=S)n(C[NH+](C)C3CCCCC3)c2c1. The molecule has 27 heavy (non-hydrogen) atoms. The molecule has 1 N–H and O–H groups in total. The van der Waals surface area contributed by atoms with E-state index in [9.17, 15) is 8.42 Å². The topological polar surface area (TPSA) is 59.9 Å². The molecule has 6 nitrogen and oxygen atoms in total. The van der Waals surface area contributed by atoms with Crippen molar-refractivity contribution in [1.82, 2.24) is 8.87 Å². The van der Waals surface area contributed by atoms with Crippen molar-refractivity contribution < 1.29 is 17.7 Å². The fraction of sp³-hybridized carbons (Fsp3) is 0.632. The average molecular weight is 413 g/mol. The van der Waals surface area contributed by atoms with Crippen molar-refractivity contribution in [2.45, 2.75) is 63.6 Å². The smallest absolute Gasteiger partial charge is 0.274 e. The summed E-state index contributed by atoms with van der Waals surface area (Å²) in [7, 11) is -1.32. The molecule has 0 radical (unpaired) electrons. The first-order chi connectivity index (χ1) is 12.9. The summed E-state index contributed by atoms with van der Waals surface area (Å²) >= 11 is 5.43. The lowest BCUT2D eigenvalue weighted by Crippen LogP contribution is -3.12. The molecule has 1 aliphatic rings. The van der Waals surface area contributed by atoms with E-state index in [0.717, 1.165) is 5.52 Å². The first-order valence-electron chi connectivity index (χ1n) is 9.84. The number of rotatable bonds is 7. The van der Waals surface area contributed by atoms with Crippen LogP contribution in [-0.2, 0) is 16.7 Å². The van der Waals surface area contributed by atoms with E-state index < -0.39 is 10.0 Å². The van der Waals surface area contributed by atoms with Gasteiger partial charge in [-0.2, -0.15) is 4.31 Å². The van der Waals surface area contributed by atoms with E-state index in [-0.39, 0.29) is 0 Å². The first-order valence-corrected chi connectivity index (χ1v) is 11.7. The predicted octanol–water partition coefficient (Wildman–Crippen LogP) is 2.80. The summed E-state index contributed by atoms with van der Waals surface area (Å²) < 4.78 is 34.9. The van der Waals surface area contributed by atoms with E-state index in [2.05, 4.69) is 7.05 Å². The Kier molecular flexibility index (Phi) is 6.40. The normalized spacial score (nSPS) is 17.6. The molecule has 150 valence electrons. The van der Waals surface area contributed by atoms with Crippen LogP contribution in [0.2, 0.25) is 0 Å². The van der Waals surface area contributed by atoms with Crippen molar-refractivity contribution in [1.29, 1.82) is 0 Å². The van der Waals surface area contributed by atoms with Crippen molar-refractivity contribution in [3.05, 3.63) is 23.0 Å². The van der Waals surface area contributed by atoms with Crippen LogP contribution in [0, 0.1) is 4.84 Å². The van der Waals surface area contributed by atoms with Crippen LogP contribution in [-0.4, -0.2) is 43.5 Å². The maximum atomic E-state index is 12.9. The molecule has 0 amide bonds. The number of oxazole rings is 1. The van der Waals surface area contributed by atoms with Crippen LogP contribution in [0.25, 0.3) is 11.1 Å². The second-order valence-corrected chi connectivity index (χ2v) is 9.64. The molecule has 0 saturated heterocycles. The Morgan fingerprint density at radius 3 is 2.52 bits per heavy atom. The van der Waals surface area contributed by atoms with Gasteiger partial charge in [-0.15, -0.1) is 0 Å². The summed E-state index contributed by atoms with van der Waals surface area (Å²) in [6.45, 7) is 5.28. The lowest BCUT2D eigenvalue weighted by Gasteiger charge is -2.28. The van der Waals surface area contributed by atoms with Crippen LogP contribution in [0.3, 0.4) is 0 Å². The molecular weight excluding hydrogens is 382 g/mol. The van der Waals surface area contributed by atoms with Gasteiger partial charge in [0.1, 0.15) is 0 Å². The minimum Gasteiger partial charge on any atom is -0.429 e. The molecule has 0 bridgehead atoms. The van der Waals surface area contributed by atoms with E-state index in [1.54, 1.807) is 18.2 Å². The van der Waals surface area contributed by atoms with Crippen molar-refractivity contribution in [2.24, 2.45) is 0 Å². The molecule has 1 unspecified atom stereocenters. The Morgan fingerprint density at radius 2 is 1.89 bits per heavy atom. The van der Waals surface area contributed by atoms with Gasteiger partial charge in [0.05, 0.1) is 23.5 Å². The van der Waals surface area contributed by atoms with Gasteiger partial charge in [0, 0.05) is 13.1 Å². The zero-order valence-corrected chi connectivity index (χ0v) is 18.0. The van der Waals surface area contributed by atoms with Gasteiger partial charge in [0.2, 0.25) is 10.0 Å². The van der Waals surface area contributed by atoms with Crippen molar-refractivity contribution in [3.63, 3.8) is 0 Å². The number of nitrogens with one attached hydrogen (secondary N) is 1. The first kappa shape index (κ1) is 20.5. The van der Waals surface area contributed by atoms with E-state index in [1.165, 1.54) is 41.3 Å². The average Bonchev–Trinajstić information content (AvgIpc) is 2.98. The third kappa shape index (κ3) is 4.13. The van der Waals surface area contributed by atoms with Gasteiger partial charge in [0.25, 0.3) is 4.84 Å². The molecule has 8 heteroatoms. The molecule has 0 aliphatic heterocycles. The molecule has 1 saturated carbocycles. The van der Waals surface area contributed by atoms with Gasteiger partial charge in [-0.1, -0.05) is 20.3 Å². The molecular formula is C19H30N3O3S2+. The molecule has 1 aromatic heterocycles.